The van der Waals surface area contributed by atoms with E-state index in [-0.39, 0.29) is 5.82 Å². The zero-order valence-corrected chi connectivity index (χ0v) is 11.8. The molecular weight excluding hydrogens is 261 g/mol. The van der Waals surface area contributed by atoms with Crippen molar-refractivity contribution in [1.29, 1.82) is 0 Å². The molecule has 1 N–H and O–H groups in total. The summed E-state index contributed by atoms with van der Waals surface area (Å²) in [5, 5.41) is 3.79. The zero-order chi connectivity index (χ0) is 13.8. The van der Waals surface area contributed by atoms with Crippen LogP contribution in [0.15, 0.2) is 42.5 Å². The smallest absolute Gasteiger partial charge is 0.125 e. The van der Waals surface area contributed by atoms with E-state index in [1.165, 1.54) is 12.1 Å². The summed E-state index contributed by atoms with van der Waals surface area (Å²) in [5.41, 5.74) is 2.96. The summed E-state index contributed by atoms with van der Waals surface area (Å²) in [7, 11) is 0. The third kappa shape index (κ3) is 3.79. The summed E-state index contributed by atoms with van der Waals surface area (Å²) < 4.78 is 13.5. The molecule has 0 spiro atoms. The molecule has 100 valence electrons. The van der Waals surface area contributed by atoms with Gasteiger partial charge >= 0.3 is 0 Å². The molecule has 3 heteroatoms. The van der Waals surface area contributed by atoms with Crippen molar-refractivity contribution in [2.45, 2.75) is 26.4 Å². The second-order valence-electron chi connectivity index (χ2n) is 4.85. The van der Waals surface area contributed by atoms with Crippen LogP contribution in [0.5, 0.6) is 0 Å². The van der Waals surface area contributed by atoms with Crippen LogP contribution in [0.3, 0.4) is 0 Å². The first-order valence-corrected chi connectivity index (χ1v) is 6.72. The van der Waals surface area contributed by atoms with Crippen LogP contribution in [-0.4, -0.2) is 6.04 Å². The molecule has 0 aliphatic heterocycles. The lowest BCUT2D eigenvalue weighted by Gasteiger charge is -2.13. The molecule has 0 unspecified atom stereocenters. The quantitative estimate of drug-likeness (QED) is 0.858. The molecular formula is C16H17ClFN. The first-order valence-electron chi connectivity index (χ1n) is 6.34. The van der Waals surface area contributed by atoms with Gasteiger partial charge in [0.15, 0.2) is 0 Å². The second kappa shape index (κ2) is 6.18. The Hall–Kier alpha value is -1.38. The van der Waals surface area contributed by atoms with E-state index in [1.54, 1.807) is 6.07 Å². The maximum absolute atomic E-state index is 13.5. The van der Waals surface area contributed by atoms with Crippen molar-refractivity contribution in [3.63, 3.8) is 0 Å². The molecule has 0 aromatic heterocycles. The van der Waals surface area contributed by atoms with Crippen LogP contribution in [0.2, 0.25) is 5.02 Å². The minimum absolute atomic E-state index is 0.311. The lowest BCUT2D eigenvalue weighted by Crippen LogP contribution is -2.22. The summed E-state index contributed by atoms with van der Waals surface area (Å²) in [6, 6.07) is 13.0. The van der Waals surface area contributed by atoms with Crippen molar-refractivity contribution >= 4 is 11.6 Å². The van der Waals surface area contributed by atoms with Gasteiger partial charge in [-0.3, -0.25) is 0 Å². The molecule has 0 bridgehead atoms. The standard InChI is InChI=1S/C16H17ClFN/c1-11(2)19-10-12-5-3-4-6-16(12)13-7-14(17)9-15(18)8-13/h3-9,11,19H,10H2,1-2H3. The Morgan fingerprint density at radius 1 is 1.16 bits per heavy atom. The monoisotopic (exact) mass is 277 g/mol. The summed E-state index contributed by atoms with van der Waals surface area (Å²) in [6.07, 6.45) is 0. The largest absolute Gasteiger partial charge is 0.310 e. The first kappa shape index (κ1) is 14.0. The van der Waals surface area contributed by atoms with Crippen LogP contribution in [0.4, 0.5) is 4.39 Å². The van der Waals surface area contributed by atoms with Crippen molar-refractivity contribution in [2.75, 3.05) is 0 Å². The van der Waals surface area contributed by atoms with Crippen LogP contribution in [0, 0.1) is 5.82 Å². The van der Waals surface area contributed by atoms with Gasteiger partial charge in [0.2, 0.25) is 0 Å². The predicted octanol–water partition coefficient (Wildman–Crippen LogP) is 4.64. The normalized spacial score (nSPS) is 11.0. The second-order valence-corrected chi connectivity index (χ2v) is 5.29. The number of hydrogen-bond donors (Lipinski definition) is 1. The molecule has 0 aliphatic rings. The number of nitrogens with one attached hydrogen (secondary N) is 1. The van der Waals surface area contributed by atoms with Gasteiger partial charge in [0, 0.05) is 17.6 Å². The van der Waals surface area contributed by atoms with E-state index in [0.717, 1.165) is 23.2 Å². The fourth-order valence-electron chi connectivity index (χ4n) is 1.98. The average Bonchev–Trinajstić information content (AvgIpc) is 2.35. The third-order valence-electron chi connectivity index (χ3n) is 2.89. The highest BCUT2D eigenvalue weighted by molar-refractivity contribution is 6.30. The molecule has 1 nitrogen and oxygen atoms in total. The van der Waals surface area contributed by atoms with E-state index in [1.807, 2.05) is 24.3 Å². The molecule has 2 aromatic rings. The zero-order valence-electron chi connectivity index (χ0n) is 11.1. The van der Waals surface area contributed by atoms with Gasteiger partial charge in [-0.1, -0.05) is 49.7 Å². The van der Waals surface area contributed by atoms with Crippen LogP contribution >= 0.6 is 11.6 Å². The predicted molar refractivity (Wildman–Crippen MR) is 78.8 cm³/mol. The van der Waals surface area contributed by atoms with Crippen LogP contribution in [0.25, 0.3) is 11.1 Å². The molecule has 0 saturated heterocycles. The minimum Gasteiger partial charge on any atom is -0.310 e. The molecule has 2 rings (SSSR count). The minimum atomic E-state index is -0.311. The lowest BCUT2D eigenvalue weighted by molar-refractivity contribution is 0.589. The van der Waals surface area contributed by atoms with Crippen LogP contribution in [-0.2, 0) is 6.54 Å². The Morgan fingerprint density at radius 3 is 2.58 bits per heavy atom. The SMILES string of the molecule is CC(C)NCc1ccccc1-c1cc(F)cc(Cl)c1. The number of benzene rings is 2. The molecule has 0 atom stereocenters. The summed E-state index contributed by atoms with van der Waals surface area (Å²) in [6.45, 7) is 4.95. The van der Waals surface area contributed by atoms with Gasteiger partial charge in [-0.25, -0.2) is 4.39 Å². The topological polar surface area (TPSA) is 12.0 Å². The average molecular weight is 278 g/mol. The van der Waals surface area contributed by atoms with Gasteiger partial charge in [0.1, 0.15) is 5.82 Å². The summed E-state index contributed by atoms with van der Waals surface area (Å²) in [4.78, 5) is 0. The highest BCUT2D eigenvalue weighted by atomic mass is 35.5. The number of halogens is 2. The van der Waals surface area contributed by atoms with E-state index < -0.39 is 0 Å². The molecule has 2 aromatic carbocycles. The van der Waals surface area contributed by atoms with E-state index in [4.69, 9.17) is 11.6 Å². The maximum atomic E-state index is 13.5. The Kier molecular flexibility index (Phi) is 4.56. The van der Waals surface area contributed by atoms with Gasteiger partial charge in [-0.2, -0.15) is 0 Å². The number of hydrogen-bond acceptors (Lipinski definition) is 1. The molecule has 0 radical (unpaired) electrons. The highest BCUT2D eigenvalue weighted by Crippen LogP contribution is 2.27. The molecule has 0 amide bonds. The summed E-state index contributed by atoms with van der Waals surface area (Å²) >= 11 is 5.92. The van der Waals surface area contributed by atoms with Crippen LogP contribution in [0.1, 0.15) is 19.4 Å². The Labute approximate surface area is 118 Å². The number of rotatable bonds is 4. The van der Waals surface area contributed by atoms with Gasteiger partial charge in [0.25, 0.3) is 0 Å². The Morgan fingerprint density at radius 2 is 1.89 bits per heavy atom. The van der Waals surface area contributed by atoms with Gasteiger partial charge < -0.3 is 5.32 Å². The van der Waals surface area contributed by atoms with E-state index in [9.17, 15) is 4.39 Å². The van der Waals surface area contributed by atoms with Crippen LogP contribution < -0.4 is 5.32 Å². The van der Waals surface area contributed by atoms with Crippen molar-refractivity contribution < 1.29 is 4.39 Å². The van der Waals surface area contributed by atoms with E-state index >= 15 is 0 Å². The summed E-state index contributed by atoms with van der Waals surface area (Å²) in [5.74, 6) is -0.311. The third-order valence-corrected chi connectivity index (χ3v) is 3.11. The van der Waals surface area contributed by atoms with Gasteiger partial charge in [-0.15, -0.1) is 0 Å². The van der Waals surface area contributed by atoms with Gasteiger partial charge in [-0.05, 0) is 34.9 Å². The van der Waals surface area contributed by atoms with Crippen molar-refractivity contribution in [3.05, 3.63) is 58.9 Å². The van der Waals surface area contributed by atoms with E-state index in [2.05, 4.69) is 19.2 Å². The van der Waals surface area contributed by atoms with E-state index in [0.29, 0.717) is 11.1 Å². The fraction of sp³-hybridized carbons (Fsp3) is 0.250. The lowest BCUT2D eigenvalue weighted by atomic mass is 9.99. The Bertz CT molecular complexity index is 546. The fourth-order valence-corrected chi connectivity index (χ4v) is 2.20. The molecule has 0 saturated carbocycles. The maximum Gasteiger partial charge on any atom is 0.125 e. The molecule has 0 fully saturated rings. The van der Waals surface area contributed by atoms with Gasteiger partial charge in [0.05, 0.1) is 0 Å². The van der Waals surface area contributed by atoms with Crippen molar-refractivity contribution in [1.82, 2.24) is 5.32 Å². The molecule has 19 heavy (non-hydrogen) atoms. The van der Waals surface area contributed by atoms with Crippen molar-refractivity contribution in [2.24, 2.45) is 0 Å². The molecule has 0 aliphatic carbocycles. The van der Waals surface area contributed by atoms with Crippen molar-refractivity contribution in [3.8, 4) is 11.1 Å². The first-order chi connectivity index (χ1) is 9.06. The highest BCUT2D eigenvalue weighted by Gasteiger charge is 2.07. The molecule has 0 heterocycles. The Balaban J connectivity index is 2.38.